The lowest BCUT2D eigenvalue weighted by Crippen LogP contribution is -2.30. The van der Waals surface area contributed by atoms with Gasteiger partial charge in [-0.15, -0.1) is 0 Å². The largest absolute Gasteiger partial charge is 0.295 e. The Morgan fingerprint density at radius 2 is 1.71 bits per heavy atom. The number of fused-ring (bicyclic) bond motifs is 2. The molecule has 0 amide bonds. The van der Waals surface area contributed by atoms with Crippen LogP contribution >= 0.6 is 0 Å². The minimum Gasteiger partial charge on any atom is -0.256 e. The Morgan fingerprint density at radius 3 is 2.57 bits per heavy atom. The molecule has 3 aromatic carbocycles. The van der Waals surface area contributed by atoms with Gasteiger partial charge in [0.1, 0.15) is 5.69 Å². The number of nitrogens with zero attached hydrogens (tertiary/aromatic N) is 3. The number of pyridine rings is 1. The summed E-state index contributed by atoms with van der Waals surface area (Å²) in [4.78, 5) is 4.49. The first-order valence-corrected chi connectivity index (χ1v) is 9.32. The summed E-state index contributed by atoms with van der Waals surface area (Å²) in [5.74, 6) is 0.932. The van der Waals surface area contributed by atoms with Crippen LogP contribution in [0.3, 0.4) is 0 Å². The Hall–Kier alpha value is -3.46. The monoisotopic (exact) mass is 367 g/mol. The number of hydrogen-bond acceptors (Lipinski definition) is 1. The molecule has 0 saturated heterocycles. The van der Waals surface area contributed by atoms with Crippen LogP contribution in [0.15, 0.2) is 79.0 Å². The Morgan fingerprint density at radius 1 is 0.893 bits per heavy atom. The normalized spacial score (nSPS) is 13.4. The molecule has 0 radical (unpaired) electrons. The molecule has 0 N–H and O–H groups in total. The minimum absolute atomic E-state index is 0.309. The van der Waals surface area contributed by atoms with E-state index < -0.39 is 6.85 Å². The quantitative estimate of drug-likeness (QED) is 0.389. The van der Waals surface area contributed by atoms with E-state index in [2.05, 4.69) is 39.2 Å². The van der Waals surface area contributed by atoms with Gasteiger partial charge >= 0.3 is 0 Å². The van der Waals surface area contributed by atoms with E-state index in [9.17, 15) is 0 Å². The lowest BCUT2D eigenvalue weighted by atomic mass is 10.1. The zero-order valence-corrected chi connectivity index (χ0v) is 15.8. The topological polar surface area (TPSA) is 21.7 Å². The van der Waals surface area contributed by atoms with E-state index >= 15 is 0 Å². The second-order valence-corrected chi connectivity index (χ2v) is 7.05. The standard InChI is InChI=1S/C25H22N3/c1-17-9-4-5-10-19(17)25-27(3)22-12-6-7-13-23(22)28(25)24-18(2)14-15-21-20(24)11-8-16-26-21/h4-16H,1-3H3/q+1/i2D3. The number of rotatable bonds is 2. The molecule has 0 aliphatic rings. The third-order valence-corrected chi connectivity index (χ3v) is 5.38. The molecule has 2 heterocycles. The molecule has 0 unspecified atom stereocenters. The first kappa shape index (κ1) is 13.7. The van der Waals surface area contributed by atoms with Crippen LogP contribution in [-0.2, 0) is 7.05 Å². The Balaban J connectivity index is 2.04. The number of para-hydroxylation sites is 2. The number of aryl methyl sites for hydroxylation is 3. The van der Waals surface area contributed by atoms with Gasteiger partial charge in [0, 0.05) is 15.7 Å². The second kappa shape index (κ2) is 6.31. The van der Waals surface area contributed by atoms with Crippen molar-refractivity contribution in [3.8, 4) is 17.1 Å². The van der Waals surface area contributed by atoms with Crippen molar-refractivity contribution >= 4 is 21.9 Å². The summed E-state index contributed by atoms with van der Waals surface area (Å²) in [6.07, 6.45) is 1.73. The predicted molar refractivity (Wildman–Crippen MR) is 115 cm³/mol. The maximum Gasteiger partial charge on any atom is 0.295 e. The molecule has 0 aliphatic heterocycles. The summed E-state index contributed by atoms with van der Waals surface area (Å²) in [5, 5.41) is 0.812. The zero-order chi connectivity index (χ0) is 21.8. The van der Waals surface area contributed by atoms with Crippen LogP contribution in [0.5, 0.6) is 0 Å². The van der Waals surface area contributed by atoms with Crippen LogP contribution in [0, 0.1) is 13.8 Å². The van der Waals surface area contributed by atoms with Gasteiger partial charge in [-0.2, -0.15) is 4.57 Å². The van der Waals surface area contributed by atoms with Crippen LogP contribution < -0.4 is 4.57 Å². The van der Waals surface area contributed by atoms with Crippen molar-refractivity contribution < 1.29 is 8.68 Å². The maximum absolute atomic E-state index is 8.26. The van der Waals surface area contributed by atoms with E-state index in [0.29, 0.717) is 11.3 Å². The van der Waals surface area contributed by atoms with E-state index in [4.69, 9.17) is 4.11 Å². The van der Waals surface area contributed by atoms with Gasteiger partial charge in [0.2, 0.25) is 0 Å². The van der Waals surface area contributed by atoms with Crippen LogP contribution in [0.4, 0.5) is 0 Å². The number of benzene rings is 3. The van der Waals surface area contributed by atoms with Crippen LogP contribution in [0.2, 0.25) is 0 Å². The van der Waals surface area contributed by atoms with Crippen LogP contribution in [0.1, 0.15) is 15.2 Å². The van der Waals surface area contributed by atoms with Gasteiger partial charge in [0.15, 0.2) is 11.0 Å². The number of aromatic nitrogens is 3. The molecule has 0 spiro atoms. The lowest BCUT2D eigenvalue weighted by molar-refractivity contribution is -0.633. The van der Waals surface area contributed by atoms with Gasteiger partial charge in [-0.3, -0.25) is 4.98 Å². The summed E-state index contributed by atoms with van der Waals surface area (Å²) in [7, 11) is 2.03. The summed E-state index contributed by atoms with van der Waals surface area (Å²) < 4.78 is 29.0. The fourth-order valence-electron chi connectivity index (χ4n) is 4.04. The van der Waals surface area contributed by atoms with E-state index in [1.807, 2.05) is 49.5 Å². The molecule has 28 heavy (non-hydrogen) atoms. The van der Waals surface area contributed by atoms with Gasteiger partial charge in [0.05, 0.1) is 18.1 Å². The molecule has 2 aromatic heterocycles. The Bertz CT molecular complexity index is 1450. The number of hydrogen-bond donors (Lipinski definition) is 0. The van der Waals surface area contributed by atoms with E-state index in [1.54, 1.807) is 18.3 Å². The van der Waals surface area contributed by atoms with E-state index in [-0.39, 0.29) is 0 Å². The molecular weight excluding hydrogens is 342 g/mol. The maximum atomic E-state index is 8.26. The van der Waals surface area contributed by atoms with Gasteiger partial charge in [-0.05, 0) is 61.3 Å². The fourth-order valence-corrected chi connectivity index (χ4v) is 4.04. The minimum atomic E-state index is -2.27. The van der Waals surface area contributed by atoms with Crippen LogP contribution in [-0.4, -0.2) is 9.55 Å². The molecular formula is C25H22N3+. The molecule has 0 aliphatic carbocycles. The van der Waals surface area contributed by atoms with Crippen molar-refractivity contribution in [1.82, 2.24) is 9.55 Å². The molecule has 0 bridgehead atoms. The smallest absolute Gasteiger partial charge is 0.256 e. The average molecular weight is 367 g/mol. The van der Waals surface area contributed by atoms with Crippen LogP contribution in [0.25, 0.3) is 39.0 Å². The van der Waals surface area contributed by atoms with Gasteiger partial charge in [0.25, 0.3) is 5.82 Å². The van der Waals surface area contributed by atoms with Gasteiger partial charge < -0.3 is 0 Å². The number of imidazole rings is 1. The average Bonchev–Trinajstić information content (AvgIpc) is 3.05. The van der Waals surface area contributed by atoms with Crippen molar-refractivity contribution in [1.29, 1.82) is 0 Å². The molecule has 5 rings (SSSR count). The molecule has 0 fully saturated rings. The Labute approximate surface area is 168 Å². The van der Waals surface area contributed by atoms with E-state index in [0.717, 1.165) is 38.9 Å². The van der Waals surface area contributed by atoms with Crippen molar-refractivity contribution in [2.45, 2.75) is 13.8 Å². The highest BCUT2D eigenvalue weighted by Crippen LogP contribution is 2.33. The highest BCUT2D eigenvalue weighted by Gasteiger charge is 2.28. The molecule has 3 heteroatoms. The molecule has 3 nitrogen and oxygen atoms in total. The molecule has 5 aromatic rings. The SMILES string of the molecule is [2H]C([2H])([2H])c1ccc2ncccc2c1-n1c(-c2ccccc2C)[n+](C)c2ccccc21. The third kappa shape index (κ3) is 2.36. The summed E-state index contributed by atoms with van der Waals surface area (Å²) in [6, 6.07) is 23.6. The van der Waals surface area contributed by atoms with Gasteiger partial charge in [-0.1, -0.05) is 36.4 Å². The van der Waals surface area contributed by atoms with E-state index in [1.165, 1.54) is 0 Å². The highest BCUT2D eigenvalue weighted by atomic mass is 15.2. The first-order chi connectivity index (χ1) is 14.9. The summed E-state index contributed by atoms with van der Waals surface area (Å²) in [5.41, 5.74) is 5.88. The molecule has 136 valence electrons. The highest BCUT2D eigenvalue weighted by molar-refractivity contribution is 5.92. The predicted octanol–water partition coefficient (Wildman–Crippen LogP) is 5.29. The summed E-state index contributed by atoms with van der Waals surface area (Å²) in [6.45, 7) is -0.195. The fraction of sp³-hybridized carbons (Fsp3) is 0.120. The Kier molecular flexibility index (Phi) is 3.08. The van der Waals surface area contributed by atoms with Crippen molar-refractivity contribution in [3.63, 3.8) is 0 Å². The van der Waals surface area contributed by atoms with Crippen molar-refractivity contribution in [2.75, 3.05) is 0 Å². The molecule has 0 saturated carbocycles. The lowest BCUT2D eigenvalue weighted by Gasteiger charge is -2.11. The zero-order valence-electron chi connectivity index (χ0n) is 18.8. The third-order valence-electron chi connectivity index (χ3n) is 5.38. The first-order valence-electron chi connectivity index (χ1n) is 10.8. The van der Waals surface area contributed by atoms with Crippen molar-refractivity contribution in [2.24, 2.45) is 7.05 Å². The second-order valence-electron chi connectivity index (χ2n) is 7.05. The van der Waals surface area contributed by atoms with Crippen molar-refractivity contribution in [3.05, 3.63) is 90.1 Å². The van der Waals surface area contributed by atoms with Gasteiger partial charge in [-0.25, -0.2) is 4.57 Å². The summed E-state index contributed by atoms with van der Waals surface area (Å²) >= 11 is 0. The molecule has 0 atom stereocenters.